The van der Waals surface area contributed by atoms with E-state index in [0.29, 0.717) is 13.0 Å². The molecule has 0 spiro atoms. The minimum atomic E-state index is -0.493. The number of carbonyl (C=O) groups excluding carboxylic acids is 1. The van der Waals surface area contributed by atoms with Crippen molar-refractivity contribution < 1.29 is 4.79 Å². The molecule has 0 saturated carbocycles. The van der Waals surface area contributed by atoms with Crippen LogP contribution in [0.3, 0.4) is 0 Å². The van der Waals surface area contributed by atoms with Crippen LogP contribution < -0.4 is 22.5 Å². The molecule has 0 amide bonds. The van der Waals surface area contributed by atoms with Crippen molar-refractivity contribution in [2.75, 3.05) is 6.54 Å². The monoisotopic (exact) mass is 202 g/mol. The highest BCUT2D eigenvalue weighted by Gasteiger charge is 2.15. The average Bonchev–Trinajstić information content (AvgIpc) is 2.10. The van der Waals surface area contributed by atoms with Gasteiger partial charge in [-0.25, -0.2) is 0 Å². The van der Waals surface area contributed by atoms with Crippen molar-refractivity contribution in [2.24, 2.45) is 23.1 Å². The Morgan fingerprint density at radius 2 is 1.86 bits per heavy atom. The second kappa shape index (κ2) is 6.89. The first-order valence-electron chi connectivity index (χ1n) is 4.99. The van der Waals surface area contributed by atoms with Crippen LogP contribution in [-0.4, -0.2) is 24.7 Å². The van der Waals surface area contributed by atoms with Crippen LogP contribution in [0.25, 0.3) is 0 Å². The lowest BCUT2D eigenvalue weighted by atomic mass is 9.99. The van der Waals surface area contributed by atoms with Gasteiger partial charge in [0.05, 0.1) is 6.04 Å². The zero-order valence-corrected chi connectivity index (χ0v) is 8.99. The van der Waals surface area contributed by atoms with Gasteiger partial charge in [-0.15, -0.1) is 0 Å². The van der Waals surface area contributed by atoms with E-state index in [2.05, 4.69) is 5.32 Å². The summed E-state index contributed by atoms with van der Waals surface area (Å²) in [6, 6.07) is -0.356. The zero-order chi connectivity index (χ0) is 11.1. The number of carbonyl (C=O) groups is 1. The maximum Gasteiger partial charge on any atom is 0.152 e. The molecule has 0 fully saturated rings. The van der Waals surface area contributed by atoms with Crippen LogP contribution >= 0.6 is 0 Å². The topological polar surface area (TPSA) is 107 Å². The van der Waals surface area contributed by atoms with Gasteiger partial charge in [0.1, 0.15) is 6.29 Å². The van der Waals surface area contributed by atoms with Crippen molar-refractivity contribution in [2.45, 2.75) is 39.0 Å². The summed E-state index contributed by atoms with van der Waals surface area (Å²) in [6.45, 7) is 4.41. The first-order chi connectivity index (χ1) is 6.45. The predicted octanol–water partition coefficient (Wildman–Crippen LogP) is -0.890. The van der Waals surface area contributed by atoms with Gasteiger partial charge in [0.2, 0.25) is 0 Å². The molecule has 0 aromatic heterocycles. The van der Waals surface area contributed by atoms with E-state index in [1.54, 1.807) is 0 Å². The third-order valence-corrected chi connectivity index (χ3v) is 2.01. The minimum Gasteiger partial charge on any atom is -0.321 e. The van der Waals surface area contributed by atoms with Crippen LogP contribution in [0.15, 0.2) is 0 Å². The molecule has 84 valence electrons. The number of rotatable bonds is 7. The van der Waals surface area contributed by atoms with Crippen molar-refractivity contribution >= 4 is 5.78 Å². The van der Waals surface area contributed by atoms with E-state index < -0.39 is 6.29 Å². The van der Waals surface area contributed by atoms with E-state index in [4.69, 9.17) is 17.2 Å². The molecule has 7 N–H and O–H groups in total. The summed E-state index contributed by atoms with van der Waals surface area (Å²) in [4.78, 5) is 11.4. The van der Waals surface area contributed by atoms with Crippen LogP contribution in [0.5, 0.6) is 0 Å². The normalized spacial score (nSPS) is 13.6. The SMILES string of the molecule is CC(C)C(=O)[C@H](N)CCCNC(N)N. The lowest BCUT2D eigenvalue weighted by Crippen LogP contribution is -2.45. The van der Waals surface area contributed by atoms with Crippen LogP contribution in [0, 0.1) is 5.92 Å². The standard InChI is InChI=1S/C9H22N4O/c1-6(2)8(14)7(10)4-3-5-13-9(11)12/h6-7,9,13H,3-5,10-12H2,1-2H3/t7-/m1/s1. The van der Waals surface area contributed by atoms with E-state index >= 15 is 0 Å². The molecule has 0 saturated heterocycles. The number of hydrogen-bond donors (Lipinski definition) is 4. The molecule has 0 bridgehead atoms. The molecule has 0 radical (unpaired) electrons. The first-order valence-corrected chi connectivity index (χ1v) is 4.99. The van der Waals surface area contributed by atoms with E-state index in [1.165, 1.54) is 0 Å². The quantitative estimate of drug-likeness (QED) is 0.316. The number of ketones is 1. The second-order valence-corrected chi connectivity index (χ2v) is 3.79. The molecule has 0 rings (SSSR count). The molecule has 5 heteroatoms. The van der Waals surface area contributed by atoms with Gasteiger partial charge in [-0.3, -0.25) is 10.1 Å². The summed E-state index contributed by atoms with van der Waals surface area (Å²) in [6.07, 6.45) is 0.994. The van der Waals surface area contributed by atoms with Gasteiger partial charge in [0, 0.05) is 5.92 Å². The number of nitrogens with one attached hydrogen (secondary N) is 1. The number of nitrogens with two attached hydrogens (primary N) is 3. The molecule has 0 aliphatic rings. The number of Topliss-reactive ketones (excluding diaryl/α,β-unsaturated/α-hetero) is 1. The highest BCUT2D eigenvalue weighted by atomic mass is 16.1. The third kappa shape index (κ3) is 6.04. The molecule has 0 aliphatic carbocycles. The minimum absolute atomic E-state index is 0.00900. The number of hydrogen-bond acceptors (Lipinski definition) is 5. The smallest absolute Gasteiger partial charge is 0.152 e. The van der Waals surface area contributed by atoms with Crippen molar-refractivity contribution in [3.63, 3.8) is 0 Å². The summed E-state index contributed by atoms with van der Waals surface area (Å²) >= 11 is 0. The van der Waals surface area contributed by atoms with Crippen molar-refractivity contribution in [3.8, 4) is 0 Å². The maximum absolute atomic E-state index is 11.4. The lowest BCUT2D eigenvalue weighted by molar-refractivity contribution is -0.123. The summed E-state index contributed by atoms with van der Waals surface area (Å²) in [5.41, 5.74) is 16.3. The fourth-order valence-corrected chi connectivity index (χ4v) is 1.16. The summed E-state index contributed by atoms with van der Waals surface area (Å²) in [5, 5.41) is 2.86. The van der Waals surface area contributed by atoms with Crippen LogP contribution in [0.4, 0.5) is 0 Å². The Hall–Kier alpha value is -0.490. The maximum atomic E-state index is 11.4. The van der Waals surface area contributed by atoms with Gasteiger partial charge in [-0.05, 0) is 19.4 Å². The molecule has 0 heterocycles. The summed E-state index contributed by atoms with van der Waals surface area (Å²) in [5.74, 6) is 0.122. The second-order valence-electron chi connectivity index (χ2n) is 3.79. The largest absolute Gasteiger partial charge is 0.321 e. The molecular formula is C9H22N4O. The van der Waals surface area contributed by atoms with Gasteiger partial charge in [-0.1, -0.05) is 13.8 Å². The molecule has 0 aromatic rings. The first kappa shape index (κ1) is 13.5. The van der Waals surface area contributed by atoms with Gasteiger partial charge >= 0.3 is 0 Å². The highest BCUT2D eigenvalue weighted by molar-refractivity contribution is 5.85. The molecule has 0 unspecified atom stereocenters. The fourth-order valence-electron chi connectivity index (χ4n) is 1.16. The lowest BCUT2D eigenvalue weighted by Gasteiger charge is -2.13. The van der Waals surface area contributed by atoms with Gasteiger partial charge in [0.15, 0.2) is 5.78 Å². The van der Waals surface area contributed by atoms with Crippen LogP contribution in [-0.2, 0) is 4.79 Å². The van der Waals surface area contributed by atoms with E-state index in [1.807, 2.05) is 13.8 Å². The summed E-state index contributed by atoms with van der Waals surface area (Å²) < 4.78 is 0. The average molecular weight is 202 g/mol. The molecule has 5 nitrogen and oxygen atoms in total. The van der Waals surface area contributed by atoms with Crippen LogP contribution in [0.2, 0.25) is 0 Å². The van der Waals surface area contributed by atoms with E-state index in [0.717, 1.165) is 6.42 Å². The zero-order valence-electron chi connectivity index (χ0n) is 8.99. The fraction of sp³-hybridized carbons (Fsp3) is 0.889. The van der Waals surface area contributed by atoms with Crippen molar-refractivity contribution in [3.05, 3.63) is 0 Å². The summed E-state index contributed by atoms with van der Waals surface area (Å²) in [7, 11) is 0. The Morgan fingerprint density at radius 1 is 1.29 bits per heavy atom. The van der Waals surface area contributed by atoms with Gasteiger partial charge in [0.25, 0.3) is 0 Å². The van der Waals surface area contributed by atoms with E-state index in [9.17, 15) is 4.79 Å². The molecule has 0 aromatic carbocycles. The van der Waals surface area contributed by atoms with Crippen molar-refractivity contribution in [1.82, 2.24) is 5.32 Å². The Bertz CT molecular complexity index is 170. The van der Waals surface area contributed by atoms with Gasteiger partial charge in [-0.2, -0.15) is 0 Å². The van der Waals surface area contributed by atoms with Crippen LogP contribution in [0.1, 0.15) is 26.7 Å². The molecular weight excluding hydrogens is 180 g/mol. The Labute approximate surface area is 85.4 Å². The Kier molecular flexibility index (Phi) is 6.65. The highest BCUT2D eigenvalue weighted by Crippen LogP contribution is 2.02. The Morgan fingerprint density at radius 3 is 2.29 bits per heavy atom. The van der Waals surface area contributed by atoms with Gasteiger partial charge < -0.3 is 17.2 Å². The molecule has 0 aliphatic heterocycles. The predicted molar refractivity (Wildman–Crippen MR) is 57.2 cm³/mol. The van der Waals surface area contributed by atoms with Crippen molar-refractivity contribution in [1.29, 1.82) is 0 Å². The molecule has 1 atom stereocenters. The Balaban J connectivity index is 3.54. The molecule has 14 heavy (non-hydrogen) atoms. The van der Waals surface area contributed by atoms with E-state index in [-0.39, 0.29) is 17.7 Å². The third-order valence-electron chi connectivity index (χ3n) is 2.01.